The van der Waals surface area contributed by atoms with Gasteiger partial charge in [-0.25, -0.2) is 0 Å². The molecule has 0 spiro atoms. The lowest BCUT2D eigenvalue weighted by Gasteiger charge is -2.13. The standard InChI is InChI=1S/C19H19NS/c1-15(16-8-4-2-5-9-16)20-13-19-12-18(14-21-19)17-10-6-3-7-11-17/h2-12,14-15,20H,13H2,1H3/t15-/m1/s1. The highest BCUT2D eigenvalue weighted by atomic mass is 32.1. The molecule has 1 aromatic heterocycles. The molecular formula is C19H19NS. The Labute approximate surface area is 130 Å². The van der Waals surface area contributed by atoms with Gasteiger partial charge >= 0.3 is 0 Å². The Morgan fingerprint density at radius 2 is 1.57 bits per heavy atom. The number of rotatable bonds is 5. The molecule has 0 radical (unpaired) electrons. The summed E-state index contributed by atoms with van der Waals surface area (Å²) in [4.78, 5) is 1.37. The molecule has 1 atom stereocenters. The van der Waals surface area contributed by atoms with E-state index < -0.39 is 0 Å². The van der Waals surface area contributed by atoms with Crippen LogP contribution < -0.4 is 5.32 Å². The summed E-state index contributed by atoms with van der Waals surface area (Å²) in [5.41, 5.74) is 3.93. The first-order valence-electron chi connectivity index (χ1n) is 7.24. The maximum Gasteiger partial charge on any atom is 0.0305 e. The lowest BCUT2D eigenvalue weighted by atomic mass is 10.1. The fourth-order valence-corrected chi connectivity index (χ4v) is 3.21. The van der Waals surface area contributed by atoms with Crippen LogP contribution in [0.15, 0.2) is 72.1 Å². The number of nitrogens with one attached hydrogen (secondary N) is 1. The third-order valence-electron chi connectivity index (χ3n) is 3.64. The summed E-state index contributed by atoms with van der Waals surface area (Å²) in [5, 5.41) is 5.83. The van der Waals surface area contributed by atoms with Gasteiger partial charge in [-0.15, -0.1) is 11.3 Å². The second-order valence-electron chi connectivity index (χ2n) is 5.18. The topological polar surface area (TPSA) is 12.0 Å². The monoisotopic (exact) mass is 293 g/mol. The molecule has 0 aliphatic carbocycles. The second kappa shape index (κ2) is 6.70. The van der Waals surface area contributed by atoms with Crippen LogP contribution in [-0.2, 0) is 6.54 Å². The number of hydrogen-bond acceptors (Lipinski definition) is 2. The van der Waals surface area contributed by atoms with Crippen molar-refractivity contribution in [1.29, 1.82) is 0 Å². The summed E-state index contributed by atoms with van der Waals surface area (Å²) in [6.45, 7) is 3.12. The molecule has 3 aromatic rings. The maximum absolute atomic E-state index is 3.59. The van der Waals surface area contributed by atoms with Gasteiger partial charge in [0.2, 0.25) is 0 Å². The van der Waals surface area contributed by atoms with E-state index in [1.807, 2.05) is 11.3 Å². The predicted octanol–water partition coefficient (Wildman–Crippen LogP) is 5.27. The molecule has 106 valence electrons. The van der Waals surface area contributed by atoms with E-state index in [0.717, 1.165) is 6.54 Å². The van der Waals surface area contributed by atoms with E-state index in [2.05, 4.69) is 84.4 Å². The first-order chi connectivity index (χ1) is 10.3. The van der Waals surface area contributed by atoms with Crippen molar-refractivity contribution < 1.29 is 0 Å². The van der Waals surface area contributed by atoms with Crippen LogP contribution in [0.25, 0.3) is 11.1 Å². The molecule has 0 aliphatic rings. The van der Waals surface area contributed by atoms with Crippen molar-refractivity contribution in [3.8, 4) is 11.1 Å². The Balaban J connectivity index is 1.63. The Morgan fingerprint density at radius 3 is 2.29 bits per heavy atom. The van der Waals surface area contributed by atoms with E-state index in [-0.39, 0.29) is 0 Å². The molecule has 0 saturated heterocycles. The minimum atomic E-state index is 0.369. The molecule has 0 saturated carbocycles. The highest BCUT2D eigenvalue weighted by Crippen LogP contribution is 2.25. The fraction of sp³-hybridized carbons (Fsp3) is 0.158. The van der Waals surface area contributed by atoms with Crippen LogP contribution in [0, 0.1) is 0 Å². The predicted molar refractivity (Wildman–Crippen MR) is 91.5 cm³/mol. The SMILES string of the molecule is C[C@@H](NCc1cc(-c2ccccc2)cs1)c1ccccc1. The van der Waals surface area contributed by atoms with Crippen molar-refractivity contribution in [3.63, 3.8) is 0 Å². The minimum Gasteiger partial charge on any atom is -0.305 e. The van der Waals surface area contributed by atoms with Crippen LogP contribution in [-0.4, -0.2) is 0 Å². The third-order valence-corrected chi connectivity index (χ3v) is 4.58. The molecule has 1 N–H and O–H groups in total. The molecule has 0 unspecified atom stereocenters. The summed E-state index contributed by atoms with van der Waals surface area (Å²) in [7, 11) is 0. The Kier molecular flexibility index (Phi) is 4.49. The van der Waals surface area contributed by atoms with Crippen molar-refractivity contribution in [2.24, 2.45) is 0 Å². The van der Waals surface area contributed by atoms with Gasteiger partial charge < -0.3 is 5.32 Å². The van der Waals surface area contributed by atoms with Crippen molar-refractivity contribution in [3.05, 3.63) is 82.6 Å². The van der Waals surface area contributed by atoms with Crippen LogP contribution in [0.5, 0.6) is 0 Å². The van der Waals surface area contributed by atoms with Crippen molar-refractivity contribution in [2.75, 3.05) is 0 Å². The zero-order valence-electron chi connectivity index (χ0n) is 12.1. The van der Waals surface area contributed by atoms with Gasteiger partial charge in [-0.2, -0.15) is 0 Å². The average molecular weight is 293 g/mol. The van der Waals surface area contributed by atoms with E-state index in [4.69, 9.17) is 0 Å². The smallest absolute Gasteiger partial charge is 0.0305 e. The van der Waals surface area contributed by atoms with Crippen molar-refractivity contribution in [1.82, 2.24) is 5.32 Å². The zero-order valence-corrected chi connectivity index (χ0v) is 12.9. The fourth-order valence-electron chi connectivity index (χ4n) is 2.37. The van der Waals surface area contributed by atoms with Gasteiger partial charge in [-0.3, -0.25) is 0 Å². The lowest BCUT2D eigenvalue weighted by molar-refractivity contribution is 0.579. The molecule has 21 heavy (non-hydrogen) atoms. The van der Waals surface area contributed by atoms with E-state index in [9.17, 15) is 0 Å². The zero-order chi connectivity index (χ0) is 14.5. The Bertz CT molecular complexity index is 673. The maximum atomic E-state index is 3.59. The Morgan fingerprint density at radius 1 is 0.905 bits per heavy atom. The molecule has 0 bridgehead atoms. The molecule has 0 aliphatic heterocycles. The molecule has 3 rings (SSSR count). The summed E-state index contributed by atoms with van der Waals surface area (Å²) >= 11 is 1.82. The molecular weight excluding hydrogens is 274 g/mol. The van der Waals surface area contributed by atoms with Gasteiger partial charge in [0.1, 0.15) is 0 Å². The Hall–Kier alpha value is -1.90. The highest BCUT2D eigenvalue weighted by molar-refractivity contribution is 7.10. The number of hydrogen-bond donors (Lipinski definition) is 1. The molecule has 2 aromatic carbocycles. The number of thiophene rings is 1. The van der Waals surface area contributed by atoms with Gasteiger partial charge in [-0.05, 0) is 35.1 Å². The van der Waals surface area contributed by atoms with Gasteiger partial charge in [0, 0.05) is 17.5 Å². The summed E-state index contributed by atoms with van der Waals surface area (Å²) < 4.78 is 0. The highest BCUT2D eigenvalue weighted by Gasteiger charge is 2.06. The minimum absolute atomic E-state index is 0.369. The second-order valence-corrected chi connectivity index (χ2v) is 6.18. The molecule has 0 amide bonds. The molecule has 1 heterocycles. The quantitative estimate of drug-likeness (QED) is 0.676. The molecule has 0 fully saturated rings. The van der Waals surface area contributed by atoms with Crippen LogP contribution >= 0.6 is 11.3 Å². The van der Waals surface area contributed by atoms with Crippen LogP contribution in [0.4, 0.5) is 0 Å². The van der Waals surface area contributed by atoms with Crippen molar-refractivity contribution in [2.45, 2.75) is 19.5 Å². The molecule has 2 heteroatoms. The van der Waals surface area contributed by atoms with E-state index in [0.29, 0.717) is 6.04 Å². The average Bonchev–Trinajstić information content (AvgIpc) is 3.03. The lowest BCUT2D eigenvalue weighted by Crippen LogP contribution is -2.17. The summed E-state index contributed by atoms with van der Waals surface area (Å²) in [6, 6.07) is 23.8. The third kappa shape index (κ3) is 3.60. The van der Waals surface area contributed by atoms with Crippen LogP contribution in [0.3, 0.4) is 0 Å². The normalized spacial score (nSPS) is 12.2. The van der Waals surface area contributed by atoms with Gasteiger partial charge in [0.25, 0.3) is 0 Å². The van der Waals surface area contributed by atoms with Gasteiger partial charge in [0.05, 0.1) is 0 Å². The van der Waals surface area contributed by atoms with E-state index in [1.165, 1.54) is 21.6 Å². The first-order valence-corrected chi connectivity index (χ1v) is 8.12. The van der Waals surface area contributed by atoms with Gasteiger partial charge in [0.15, 0.2) is 0 Å². The van der Waals surface area contributed by atoms with Crippen LogP contribution in [0.2, 0.25) is 0 Å². The van der Waals surface area contributed by atoms with Crippen molar-refractivity contribution >= 4 is 11.3 Å². The van der Waals surface area contributed by atoms with Crippen LogP contribution in [0.1, 0.15) is 23.4 Å². The van der Waals surface area contributed by atoms with E-state index >= 15 is 0 Å². The first kappa shape index (κ1) is 14.1. The summed E-state index contributed by atoms with van der Waals surface area (Å²) in [5.74, 6) is 0. The largest absolute Gasteiger partial charge is 0.305 e. The summed E-state index contributed by atoms with van der Waals surface area (Å²) in [6.07, 6.45) is 0. The molecule has 1 nitrogen and oxygen atoms in total. The van der Waals surface area contributed by atoms with E-state index in [1.54, 1.807) is 0 Å². The van der Waals surface area contributed by atoms with Gasteiger partial charge in [-0.1, -0.05) is 60.7 Å². The number of benzene rings is 2.